The molecule has 0 bridgehead atoms. The summed E-state index contributed by atoms with van der Waals surface area (Å²) >= 11 is 1.43. The van der Waals surface area contributed by atoms with Crippen molar-refractivity contribution in [3.63, 3.8) is 0 Å². The summed E-state index contributed by atoms with van der Waals surface area (Å²) in [5.41, 5.74) is 0.736. The molecule has 1 aromatic heterocycles. The zero-order valence-electron chi connectivity index (χ0n) is 15.2. The molecule has 0 aliphatic heterocycles. The molecule has 0 saturated carbocycles. The van der Waals surface area contributed by atoms with Crippen LogP contribution in [0.3, 0.4) is 0 Å². The van der Waals surface area contributed by atoms with Crippen molar-refractivity contribution in [2.45, 2.75) is 18.0 Å². The van der Waals surface area contributed by atoms with Crippen LogP contribution in [-0.4, -0.2) is 42.8 Å². The number of carbonyl (C=O) groups excluding carboxylic acids is 3. The Hall–Kier alpha value is -2.61. The minimum Gasteiger partial charge on any atom is -0.468 e. The van der Waals surface area contributed by atoms with Crippen LogP contribution in [0, 0.1) is 11.7 Å². The predicted octanol–water partition coefficient (Wildman–Crippen LogP) is 2.93. The van der Waals surface area contributed by atoms with Gasteiger partial charge in [-0.1, -0.05) is 0 Å². The number of ketones is 1. The molecular formula is C19H20FNO5S. The second-order valence-electron chi connectivity index (χ2n) is 5.64. The van der Waals surface area contributed by atoms with Gasteiger partial charge in [0, 0.05) is 12.1 Å². The van der Waals surface area contributed by atoms with Crippen LogP contribution in [0.2, 0.25) is 0 Å². The van der Waals surface area contributed by atoms with E-state index in [0.29, 0.717) is 11.3 Å². The van der Waals surface area contributed by atoms with Gasteiger partial charge in [0.2, 0.25) is 5.78 Å². The Bertz CT molecular complexity index is 815. The third-order valence-electron chi connectivity index (χ3n) is 4.10. The normalized spacial score (nSPS) is 10.7. The lowest BCUT2D eigenvalue weighted by Gasteiger charge is -2.16. The van der Waals surface area contributed by atoms with Crippen molar-refractivity contribution in [2.75, 3.05) is 20.5 Å². The Labute approximate surface area is 160 Å². The Morgan fingerprint density at radius 2 is 1.63 bits per heavy atom. The van der Waals surface area contributed by atoms with E-state index in [0.717, 1.165) is 5.03 Å². The maximum absolute atomic E-state index is 13.1. The van der Waals surface area contributed by atoms with E-state index < -0.39 is 23.7 Å². The number of methoxy groups -OCH3 is 2. The highest BCUT2D eigenvalue weighted by molar-refractivity contribution is 7.98. The van der Waals surface area contributed by atoms with Crippen molar-refractivity contribution >= 4 is 29.5 Å². The molecule has 6 nitrogen and oxygen atoms in total. The van der Waals surface area contributed by atoms with E-state index in [-0.39, 0.29) is 18.7 Å². The largest absolute Gasteiger partial charge is 0.468 e. The first kappa shape index (κ1) is 20.7. The third-order valence-corrected chi connectivity index (χ3v) is 4.88. The van der Waals surface area contributed by atoms with Gasteiger partial charge >= 0.3 is 11.9 Å². The number of thioether (sulfide) groups is 1. The highest BCUT2D eigenvalue weighted by Crippen LogP contribution is 2.23. The van der Waals surface area contributed by atoms with Gasteiger partial charge in [-0.2, -0.15) is 0 Å². The maximum atomic E-state index is 13.1. The van der Waals surface area contributed by atoms with Crippen LogP contribution < -0.4 is 0 Å². The molecule has 2 rings (SSSR count). The Balaban J connectivity index is 2.29. The molecule has 0 saturated heterocycles. The maximum Gasteiger partial charge on any atom is 0.320 e. The number of benzene rings is 1. The van der Waals surface area contributed by atoms with Crippen LogP contribution >= 0.6 is 11.8 Å². The van der Waals surface area contributed by atoms with Crippen LogP contribution in [0.5, 0.6) is 0 Å². The molecule has 2 aromatic rings. The molecule has 0 unspecified atom stereocenters. The Morgan fingerprint density at radius 3 is 2.15 bits per heavy atom. The fraction of sp³-hybridized carbons (Fsp3) is 0.316. The van der Waals surface area contributed by atoms with Crippen LogP contribution in [0.25, 0.3) is 0 Å². The van der Waals surface area contributed by atoms with Gasteiger partial charge in [0.05, 0.1) is 24.9 Å². The molecule has 27 heavy (non-hydrogen) atoms. The molecule has 144 valence electrons. The molecule has 0 aliphatic carbocycles. The molecule has 0 fully saturated rings. The number of carbonyl (C=O) groups is 3. The van der Waals surface area contributed by atoms with Crippen LogP contribution in [0.15, 0.2) is 41.4 Å². The summed E-state index contributed by atoms with van der Waals surface area (Å²) in [6.45, 7) is 0.236. The number of nitrogens with zero attached hydrogens (tertiary/aromatic N) is 1. The van der Waals surface area contributed by atoms with Crippen molar-refractivity contribution in [1.29, 1.82) is 0 Å². The number of rotatable bonds is 8. The molecule has 0 aliphatic rings. The van der Waals surface area contributed by atoms with E-state index in [1.165, 1.54) is 50.2 Å². The van der Waals surface area contributed by atoms with Gasteiger partial charge in [0.15, 0.2) is 5.92 Å². The van der Waals surface area contributed by atoms with E-state index in [4.69, 9.17) is 0 Å². The van der Waals surface area contributed by atoms with E-state index in [1.807, 2.05) is 6.26 Å². The quantitative estimate of drug-likeness (QED) is 0.297. The fourth-order valence-corrected chi connectivity index (χ4v) is 3.29. The van der Waals surface area contributed by atoms with Crippen LogP contribution in [0.4, 0.5) is 4.39 Å². The van der Waals surface area contributed by atoms with Crippen LogP contribution in [-0.2, 0) is 25.6 Å². The van der Waals surface area contributed by atoms with Gasteiger partial charge in [-0.05, 0) is 49.1 Å². The van der Waals surface area contributed by atoms with Crippen molar-refractivity contribution in [2.24, 2.45) is 5.92 Å². The van der Waals surface area contributed by atoms with Crippen LogP contribution in [0.1, 0.15) is 22.5 Å². The Morgan fingerprint density at radius 1 is 1.04 bits per heavy atom. The molecule has 0 atom stereocenters. The van der Waals surface area contributed by atoms with Gasteiger partial charge < -0.3 is 14.0 Å². The van der Waals surface area contributed by atoms with Gasteiger partial charge in [-0.25, -0.2) is 4.39 Å². The van der Waals surface area contributed by atoms with Gasteiger partial charge in [-0.15, -0.1) is 11.8 Å². The average Bonchev–Trinajstić information content (AvgIpc) is 3.10. The van der Waals surface area contributed by atoms with Gasteiger partial charge in [0.25, 0.3) is 0 Å². The average molecular weight is 393 g/mol. The van der Waals surface area contributed by atoms with E-state index >= 15 is 0 Å². The fourth-order valence-electron chi connectivity index (χ4n) is 2.68. The highest BCUT2D eigenvalue weighted by atomic mass is 32.2. The number of hydrogen-bond acceptors (Lipinski definition) is 6. The second-order valence-corrected chi connectivity index (χ2v) is 6.46. The minimum atomic E-state index is -1.08. The Kier molecular flexibility index (Phi) is 7.18. The lowest BCUT2D eigenvalue weighted by atomic mass is 10.1. The number of ether oxygens (including phenoxy) is 2. The number of aromatic nitrogens is 1. The third kappa shape index (κ3) is 4.77. The van der Waals surface area contributed by atoms with Gasteiger partial charge in [0.1, 0.15) is 5.82 Å². The molecule has 8 heteroatoms. The van der Waals surface area contributed by atoms with E-state index in [1.54, 1.807) is 16.7 Å². The summed E-state index contributed by atoms with van der Waals surface area (Å²) in [5, 5.41) is 0.800. The SMILES string of the molecule is COC(=O)C(CCn1c(SC)ccc1C(=O)c1ccc(F)cc1)C(=O)OC. The summed E-state index contributed by atoms with van der Waals surface area (Å²) in [4.78, 5) is 36.5. The molecular weight excluding hydrogens is 373 g/mol. The van der Waals surface area contributed by atoms with Crippen molar-refractivity contribution in [3.05, 3.63) is 53.5 Å². The van der Waals surface area contributed by atoms with Crippen molar-refractivity contribution in [1.82, 2.24) is 4.57 Å². The number of hydrogen-bond donors (Lipinski definition) is 0. The second kappa shape index (κ2) is 9.36. The summed E-state index contributed by atoms with van der Waals surface area (Å²) < 4.78 is 24.2. The van der Waals surface area contributed by atoms with Crippen molar-refractivity contribution < 1.29 is 28.2 Å². The highest BCUT2D eigenvalue weighted by Gasteiger charge is 2.29. The first-order valence-electron chi connectivity index (χ1n) is 8.12. The number of halogens is 1. The lowest BCUT2D eigenvalue weighted by Crippen LogP contribution is -2.28. The summed E-state index contributed by atoms with van der Waals surface area (Å²) in [5.74, 6) is -3.16. The topological polar surface area (TPSA) is 74.6 Å². The summed E-state index contributed by atoms with van der Waals surface area (Å²) in [6.07, 6.45) is 1.97. The van der Waals surface area contributed by atoms with E-state index in [2.05, 4.69) is 9.47 Å². The number of esters is 2. The van der Waals surface area contributed by atoms with E-state index in [9.17, 15) is 18.8 Å². The smallest absolute Gasteiger partial charge is 0.320 e. The van der Waals surface area contributed by atoms with Gasteiger partial charge in [-0.3, -0.25) is 14.4 Å². The molecule has 1 aromatic carbocycles. The molecule has 0 spiro atoms. The monoisotopic (exact) mass is 393 g/mol. The molecule has 0 radical (unpaired) electrons. The molecule has 0 N–H and O–H groups in total. The minimum absolute atomic E-state index is 0.116. The lowest BCUT2D eigenvalue weighted by molar-refractivity contribution is -0.159. The summed E-state index contributed by atoms with van der Waals surface area (Å²) in [7, 11) is 2.40. The molecule has 1 heterocycles. The zero-order valence-corrected chi connectivity index (χ0v) is 16.0. The zero-order chi connectivity index (χ0) is 20.0. The summed E-state index contributed by atoms with van der Waals surface area (Å²) in [6, 6.07) is 8.73. The van der Waals surface area contributed by atoms with Crippen molar-refractivity contribution in [3.8, 4) is 0 Å². The predicted molar refractivity (Wildman–Crippen MR) is 98.2 cm³/mol. The standard InChI is InChI=1S/C19H20FNO5S/c1-25-18(23)14(19(24)26-2)10-11-21-15(8-9-16(21)27-3)17(22)12-4-6-13(20)7-5-12/h4-9,14H,10-11H2,1-3H3. The first-order chi connectivity index (χ1) is 12.9. The molecule has 0 amide bonds. The first-order valence-corrected chi connectivity index (χ1v) is 9.34.